The summed E-state index contributed by atoms with van der Waals surface area (Å²) >= 11 is 0. The Labute approximate surface area is 132 Å². The van der Waals surface area contributed by atoms with E-state index in [1.807, 2.05) is 35.9 Å². The number of ether oxygens (including phenoxy) is 1. The average molecular weight is 306 g/mol. The van der Waals surface area contributed by atoms with Gasteiger partial charge in [-0.05, 0) is 31.2 Å². The summed E-state index contributed by atoms with van der Waals surface area (Å²) in [4.78, 5) is 21.2. The molecule has 0 saturated carbocycles. The first-order valence-corrected chi connectivity index (χ1v) is 7.20. The minimum Gasteiger partial charge on any atom is -0.422 e. The van der Waals surface area contributed by atoms with Crippen LogP contribution >= 0.6 is 0 Å². The molecule has 0 saturated heterocycles. The minimum atomic E-state index is -0.434. The number of benzene rings is 1. The van der Waals surface area contributed by atoms with Gasteiger partial charge in [0.2, 0.25) is 0 Å². The standard InChI is InChI=1S/C17H14N4O2/c1-11-16(21-8-4-3-5-15(21)19-11)17(22)23-12-6-7-14-13(9-12)18-10-20(14)2/h3-10H,1-2H3. The monoisotopic (exact) mass is 306 g/mol. The summed E-state index contributed by atoms with van der Waals surface area (Å²) in [6.07, 6.45) is 3.53. The van der Waals surface area contributed by atoms with Crippen LogP contribution in [0.4, 0.5) is 0 Å². The van der Waals surface area contributed by atoms with Gasteiger partial charge in [0.05, 0.1) is 23.1 Å². The molecule has 114 valence electrons. The first kappa shape index (κ1) is 13.5. The molecule has 0 aliphatic carbocycles. The SMILES string of the molecule is Cc1nc2ccccn2c1C(=O)Oc1ccc2c(c1)ncn2C. The first-order valence-electron chi connectivity index (χ1n) is 7.20. The Morgan fingerprint density at radius 1 is 1.22 bits per heavy atom. The number of hydrogen-bond acceptors (Lipinski definition) is 4. The highest BCUT2D eigenvalue weighted by molar-refractivity contribution is 5.92. The molecule has 4 rings (SSSR count). The van der Waals surface area contributed by atoms with Crippen molar-refractivity contribution >= 4 is 22.6 Å². The molecule has 0 unspecified atom stereocenters. The molecular formula is C17H14N4O2. The van der Waals surface area contributed by atoms with Gasteiger partial charge in [0.1, 0.15) is 11.4 Å². The molecule has 0 amide bonds. The van der Waals surface area contributed by atoms with Crippen LogP contribution in [-0.4, -0.2) is 24.9 Å². The number of carbonyl (C=O) groups excluding carboxylic acids is 1. The minimum absolute atomic E-state index is 0.432. The molecule has 6 heteroatoms. The third kappa shape index (κ3) is 2.15. The topological polar surface area (TPSA) is 61.4 Å². The number of pyridine rings is 1. The lowest BCUT2D eigenvalue weighted by Gasteiger charge is -2.05. The van der Waals surface area contributed by atoms with Crippen molar-refractivity contribution in [3.63, 3.8) is 0 Å². The summed E-state index contributed by atoms with van der Waals surface area (Å²) in [5, 5.41) is 0. The molecule has 0 N–H and O–H groups in total. The Morgan fingerprint density at radius 3 is 2.96 bits per heavy atom. The smallest absolute Gasteiger partial charge is 0.362 e. The van der Waals surface area contributed by atoms with Crippen LogP contribution in [0.25, 0.3) is 16.7 Å². The zero-order valence-electron chi connectivity index (χ0n) is 12.7. The van der Waals surface area contributed by atoms with Gasteiger partial charge < -0.3 is 9.30 Å². The molecule has 1 aromatic carbocycles. The summed E-state index contributed by atoms with van der Waals surface area (Å²) in [6.45, 7) is 1.80. The normalized spacial score (nSPS) is 11.2. The van der Waals surface area contributed by atoms with Gasteiger partial charge in [-0.2, -0.15) is 0 Å². The number of aromatic nitrogens is 4. The maximum Gasteiger partial charge on any atom is 0.362 e. The molecule has 3 heterocycles. The summed E-state index contributed by atoms with van der Waals surface area (Å²) in [7, 11) is 1.92. The Bertz CT molecular complexity index is 1050. The van der Waals surface area contributed by atoms with E-state index >= 15 is 0 Å². The number of hydrogen-bond donors (Lipinski definition) is 0. The van der Waals surface area contributed by atoms with Crippen molar-refractivity contribution in [2.45, 2.75) is 6.92 Å². The average Bonchev–Trinajstić information content (AvgIpc) is 3.06. The van der Waals surface area contributed by atoms with E-state index in [2.05, 4.69) is 9.97 Å². The Balaban J connectivity index is 1.71. The molecule has 0 bridgehead atoms. The van der Waals surface area contributed by atoms with Crippen molar-refractivity contribution in [3.8, 4) is 5.75 Å². The van der Waals surface area contributed by atoms with Crippen molar-refractivity contribution in [1.29, 1.82) is 0 Å². The summed E-state index contributed by atoms with van der Waals surface area (Å²) in [5.74, 6) is 0.0305. The van der Waals surface area contributed by atoms with E-state index in [1.165, 1.54) is 0 Å². The van der Waals surface area contributed by atoms with Crippen LogP contribution in [0.2, 0.25) is 0 Å². The summed E-state index contributed by atoms with van der Waals surface area (Å²) < 4.78 is 9.16. The quantitative estimate of drug-likeness (QED) is 0.422. The number of nitrogens with zero attached hydrogens (tertiary/aromatic N) is 4. The van der Waals surface area contributed by atoms with Gasteiger partial charge >= 0.3 is 5.97 Å². The van der Waals surface area contributed by atoms with Crippen molar-refractivity contribution in [2.75, 3.05) is 0 Å². The molecule has 0 atom stereocenters. The second-order valence-electron chi connectivity index (χ2n) is 5.37. The number of esters is 1. The molecule has 0 aliphatic rings. The van der Waals surface area contributed by atoms with Crippen LogP contribution in [0.3, 0.4) is 0 Å². The zero-order chi connectivity index (χ0) is 16.0. The molecular weight excluding hydrogens is 292 g/mol. The highest BCUT2D eigenvalue weighted by atomic mass is 16.5. The number of fused-ring (bicyclic) bond motifs is 2. The number of rotatable bonds is 2. The van der Waals surface area contributed by atoms with Gasteiger partial charge in [-0.1, -0.05) is 6.07 Å². The molecule has 0 radical (unpaired) electrons. The molecule has 6 nitrogen and oxygen atoms in total. The van der Waals surface area contributed by atoms with Crippen LogP contribution < -0.4 is 4.74 Å². The van der Waals surface area contributed by atoms with Crippen molar-refractivity contribution in [2.24, 2.45) is 7.05 Å². The van der Waals surface area contributed by atoms with Crippen molar-refractivity contribution in [1.82, 2.24) is 18.9 Å². The molecule has 4 aromatic rings. The largest absolute Gasteiger partial charge is 0.422 e. The second kappa shape index (κ2) is 4.95. The van der Waals surface area contributed by atoms with E-state index < -0.39 is 5.97 Å². The third-order valence-corrected chi connectivity index (χ3v) is 3.81. The Morgan fingerprint density at radius 2 is 2.09 bits per heavy atom. The van der Waals surface area contributed by atoms with Crippen LogP contribution in [0, 0.1) is 6.92 Å². The van der Waals surface area contributed by atoms with Gasteiger partial charge in [-0.15, -0.1) is 0 Å². The first-order chi connectivity index (χ1) is 11.1. The predicted molar refractivity (Wildman–Crippen MR) is 85.6 cm³/mol. The lowest BCUT2D eigenvalue weighted by molar-refractivity contribution is 0.0727. The molecule has 0 spiro atoms. The number of imidazole rings is 2. The van der Waals surface area contributed by atoms with E-state index in [1.54, 1.807) is 36.0 Å². The second-order valence-corrected chi connectivity index (χ2v) is 5.37. The zero-order valence-corrected chi connectivity index (χ0v) is 12.7. The van der Waals surface area contributed by atoms with Crippen LogP contribution in [-0.2, 0) is 7.05 Å². The van der Waals surface area contributed by atoms with Crippen LogP contribution in [0.5, 0.6) is 5.75 Å². The molecule has 3 aromatic heterocycles. The van der Waals surface area contributed by atoms with Crippen LogP contribution in [0.15, 0.2) is 48.9 Å². The van der Waals surface area contributed by atoms with Crippen LogP contribution in [0.1, 0.15) is 16.2 Å². The Hall–Kier alpha value is -3.15. The van der Waals surface area contributed by atoms with E-state index in [0.29, 0.717) is 17.1 Å². The van der Waals surface area contributed by atoms with E-state index in [4.69, 9.17) is 4.74 Å². The maximum atomic E-state index is 12.5. The van der Waals surface area contributed by atoms with Crippen molar-refractivity contribution < 1.29 is 9.53 Å². The van der Waals surface area contributed by atoms with Crippen molar-refractivity contribution in [3.05, 3.63) is 60.3 Å². The predicted octanol–water partition coefficient (Wildman–Crippen LogP) is 2.75. The van der Waals surface area contributed by atoms with E-state index in [9.17, 15) is 4.79 Å². The Kier molecular flexibility index (Phi) is 2.90. The van der Waals surface area contributed by atoms with Gasteiger partial charge in [-0.3, -0.25) is 4.40 Å². The van der Waals surface area contributed by atoms with Gasteiger partial charge in [0, 0.05) is 19.3 Å². The third-order valence-electron chi connectivity index (χ3n) is 3.81. The number of aryl methyl sites for hydroxylation is 2. The molecule has 0 aliphatic heterocycles. The number of carbonyl (C=O) groups is 1. The fourth-order valence-electron chi connectivity index (χ4n) is 2.69. The fourth-order valence-corrected chi connectivity index (χ4v) is 2.69. The van der Waals surface area contributed by atoms with Gasteiger partial charge in [0.25, 0.3) is 0 Å². The summed E-state index contributed by atoms with van der Waals surface area (Å²) in [5.41, 5.74) is 3.56. The van der Waals surface area contributed by atoms with E-state index in [-0.39, 0.29) is 0 Å². The molecule has 0 fully saturated rings. The lowest BCUT2D eigenvalue weighted by Crippen LogP contribution is -2.12. The lowest BCUT2D eigenvalue weighted by atomic mass is 10.3. The highest BCUT2D eigenvalue weighted by Crippen LogP contribution is 2.21. The molecule has 23 heavy (non-hydrogen) atoms. The van der Waals surface area contributed by atoms with Gasteiger partial charge in [0.15, 0.2) is 5.69 Å². The maximum absolute atomic E-state index is 12.5. The van der Waals surface area contributed by atoms with E-state index in [0.717, 1.165) is 16.7 Å². The summed E-state index contributed by atoms with van der Waals surface area (Å²) in [6, 6.07) is 11.0. The fraction of sp³-hybridized carbons (Fsp3) is 0.118. The van der Waals surface area contributed by atoms with Gasteiger partial charge in [-0.25, -0.2) is 14.8 Å². The highest BCUT2D eigenvalue weighted by Gasteiger charge is 2.18.